The first kappa shape index (κ1) is 13.3. The molecular weight excluding hydrogens is 228 g/mol. The molecule has 0 saturated heterocycles. The highest BCUT2D eigenvalue weighted by atomic mass is 35.5. The summed E-state index contributed by atoms with van der Waals surface area (Å²) < 4.78 is 16.2. The Kier molecular flexibility index (Phi) is 5.58. The van der Waals surface area contributed by atoms with Gasteiger partial charge in [-0.25, -0.2) is 0 Å². The summed E-state index contributed by atoms with van der Waals surface area (Å²) in [7, 11) is 0. The van der Waals surface area contributed by atoms with Crippen LogP contribution in [0.4, 0.5) is 0 Å². The number of halogens is 1. The molecule has 0 spiro atoms. The molecule has 0 aromatic heterocycles. The second-order valence-corrected chi connectivity index (χ2v) is 3.94. The van der Waals surface area contributed by atoms with E-state index in [0.717, 1.165) is 0 Å². The summed E-state index contributed by atoms with van der Waals surface area (Å²) in [5.74, 6) is 2.41. The Balaban J connectivity index is 2.40. The minimum atomic E-state index is -0.406. The van der Waals surface area contributed by atoms with Crippen LogP contribution in [-0.4, -0.2) is 31.7 Å². The Morgan fingerprint density at radius 2 is 2.31 bits per heavy atom. The SMILES string of the molecule is C#CCO[C@@H]1C=C[C@H](OCC(=C)Cl)O[C@H]1C. The van der Waals surface area contributed by atoms with Crippen LogP contribution >= 0.6 is 11.6 Å². The van der Waals surface area contributed by atoms with E-state index in [1.54, 1.807) is 6.08 Å². The van der Waals surface area contributed by atoms with Crippen LogP contribution in [-0.2, 0) is 14.2 Å². The molecule has 1 rings (SSSR count). The quantitative estimate of drug-likeness (QED) is 0.546. The lowest BCUT2D eigenvalue weighted by molar-refractivity contribution is -0.166. The second kappa shape index (κ2) is 6.72. The van der Waals surface area contributed by atoms with Crippen molar-refractivity contribution in [3.05, 3.63) is 23.8 Å². The van der Waals surface area contributed by atoms with Crippen LogP contribution in [0.1, 0.15) is 6.92 Å². The van der Waals surface area contributed by atoms with Crippen LogP contribution in [0.15, 0.2) is 23.8 Å². The fourth-order valence-electron chi connectivity index (χ4n) is 1.29. The van der Waals surface area contributed by atoms with Crippen molar-refractivity contribution in [2.45, 2.75) is 25.4 Å². The van der Waals surface area contributed by atoms with E-state index in [2.05, 4.69) is 12.5 Å². The zero-order valence-electron chi connectivity index (χ0n) is 9.19. The van der Waals surface area contributed by atoms with Crippen molar-refractivity contribution < 1.29 is 14.2 Å². The summed E-state index contributed by atoms with van der Waals surface area (Å²) in [6.45, 7) is 5.96. The van der Waals surface area contributed by atoms with Gasteiger partial charge in [-0.2, -0.15) is 0 Å². The minimum Gasteiger partial charge on any atom is -0.359 e. The van der Waals surface area contributed by atoms with Gasteiger partial charge in [0.05, 0.1) is 12.7 Å². The van der Waals surface area contributed by atoms with Crippen molar-refractivity contribution in [3.63, 3.8) is 0 Å². The van der Waals surface area contributed by atoms with Crippen LogP contribution in [0.5, 0.6) is 0 Å². The van der Waals surface area contributed by atoms with E-state index in [1.165, 1.54) is 0 Å². The average Bonchev–Trinajstić information content (AvgIpc) is 2.25. The summed E-state index contributed by atoms with van der Waals surface area (Å²) in [6, 6.07) is 0. The van der Waals surface area contributed by atoms with Crippen LogP contribution in [0.2, 0.25) is 0 Å². The lowest BCUT2D eigenvalue weighted by Gasteiger charge is -2.29. The number of ether oxygens (including phenoxy) is 3. The fraction of sp³-hybridized carbons (Fsp3) is 0.500. The van der Waals surface area contributed by atoms with Crippen molar-refractivity contribution in [3.8, 4) is 12.3 Å². The normalized spacial score (nSPS) is 28.7. The lowest BCUT2D eigenvalue weighted by atomic mass is 10.1. The summed E-state index contributed by atoms with van der Waals surface area (Å²) in [5, 5.41) is 0.440. The summed E-state index contributed by atoms with van der Waals surface area (Å²) >= 11 is 5.58. The molecule has 1 aliphatic rings. The van der Waals surface area contributed by atoms with Gasteiger partial charge in [-0.1, -0.05) is 30.2 Å². The maximum absolute atomic E-state index is 5.58. The van der Waals surface area contributed by atoms with Crippen molar-refractivity contribution in [2.24, 2.45) is 0 Å². The Morgan fingerprint density at radius 1 is 1.56 bits per heavy atom. The van der Waals surface area contributed by atoms with Gasteiger partial charge in [-0.3, -0.25) is 0 Å². The Hall–Kier alpha value is -0.790. The molecular formula is C12H15ClO3. The third-order valence-corrected chi connectivity index (χ3v) is 2.14. The first-order chi connectivity index (χ1) is 7.63. The van der Waals surface area contributed by atoms with Crippen LogP contribution in [0, 0.1) is 12.3 Å². The maximum atomic E-state index is 5.58. The van der Waals surface area contributed by atoms with Crippen LogP contribution in [0.3, 0.4) is 0 Å². The predicted molar refractivity (Wildman–Crippen MR) is 63.0 cm³/mol. The zero-order valence-corrected chi connectivity index (χ0v) is 9.94. The average molecular weight is 243 g/mol. The molecule has 0 aliphatic carbocycles. The molecule has 3 atom stereocenters. The third kappa shape index (κ3) is 4.38. The molecule has 0 N–H and O–H groups in total. The van der Waals surface area contributed by atoms with Gasteiger partial charge in [0.2, 0.25) is 0 Å². The fourth-order valence-corrected chi connectivity index (χ4v) is 1.36. The van der Waals surface area contributed by atoms with E-state index in [4.69, 9.17) is 32.2 Å². The highest BCUT2D eigenvalue weighted by Crippen LogP contribution is 2.17. The Bertz CT molecular complexity index is 306. The highest BCUT2D eigenvalue weighted by molar-refractivity contribution is 6.29. The van der Waals surface area contributed by atoms with E-state index in [-0.39, 0.29) is 25.4 Å². The number of terminal acetylenes is 1. The summed E-state index contributed by atoms with van der Waals surface area (Å²) in [4.78, 5) is 0. The van der Waals surface area contributed by atoms with E-state index in [0.29, 0.717) is 5.03 Å². The molecule has 1 aliphatic heterocycles. The van der Waals surface area contributed by atoms with Gasteiger partial charge in [0.25, 0.3) is 0 Å². The summed E-state index contributed by atoms with van der Waals surface area (Å²) in [5.41, 5.74) is 0. The Labute approximate surface area is 101 Å². The molecule has 0 unspecified atom stereocenters. The monoisotopic (exact) mass is 242 g/mol. The van der Waals surface area contributed by atoms with Gasteiger partial charge in [-0.15, -0.1) is 6.42 Å². The molecule has 88 valence electrons. The highest BCUT2D eigenvalue weighted by Gasteiger charge is 2.24. The van der Waals surface area contributed by atoms with Gasteiger partial charge in [0.1, 0.15) is 12.7 Å². The second-order valence-electron chi connectivity index (χ2n) is 3.40. The van der Waals surface area contributed by atoms with Gasteiger partial charge in [0.15, 0.2) is 6.29 Å². The molecule has 16 heavy (non-hydrogen) atoms. The topological polar surface area (TPSA) is 27.7 Å². The predicted octanol–water partition coefficient (Wildman–Crippen LogP) is 2.07. The molecule has 0 aromatic carbocycles. The van der Waals surface area contributed by atoms with E-state index < -0.39 is 6.29 Å². The first-order valence-corrected chi connectivity index (χ1v) is 5.35. The largest absolute Gasteiger partial charge is 0.359 e. The molecule has 0 aromatic rings. The van der Waals surface area contributed by atoms with Crippen molar-refractivity contribution >= 4 is 11.6 Å². The standard InChI is InChI=1S/C12H15ClO3/c1-4-7-14-11-5-6-12(16-10(11)3)15-8-9(2)13/h1,5-6,10-12H,2,7-8H2,3H3/t10-,11+,12+/m0/s1. The van der Waals surface area contributed by atoms with Crippen molar-refractivity contribution in [2.75, 3.05) is 13.2 Å². The molecule has 4 heteroatoms. The lowest BCUT2D eigenvalue weighted by Crippen LogP contribution is -2.36. The van der Waals surface area contributed by atoms with Crippen molar-refractivity contribution in [1.29, 1.82) is 0 Å². The maximum Gasteiger partial charge on any atom is 0.177 e. The molecule has 0 radical (unpaired) electrons. The minimum absolute atomic E-state index is 0.105. The number of rotatable bonds is 5. The number of hydrogen-bond acceptors (Lipinski definition) is 3. The first-order valence-electron chi connectivity index (χ1n) is 4.97. The summed E-state index contributed by atoms with van der Waals surface area (Å²) in [6.07, 6.45) is 8.13. The van der Waals surface area contributed by atoms with Gasteiger partial charge >= 0.3 is 0 Å². The molecule has 0 amide bonds. The molecule has 1 heterocycles. The van der Waals surface area contributed by atoms with Gasteiger partial charge in [0, 0.05) is 5.03 Å². The Morgan fingerprint density at radius 3 is 2.88 bits per heavy atom. The molecule has 0 saturated carbocycles. The van der Waals surface area contributed by atoms with E-state index in [9.17, 15) is 0 Å². The third-order valence-electron chi connectivity index (χ3n) is 2.03. The van der Waals surface area contributed by atoms with Gasteiger partial charge < -0.3 is 14.2 Å². The molecule has 3 nitrogen and oxygen atoms in total. The van der Waals surface area contributed by atoms with Crippen LogP contribution in [0.25, 0.3) is 0 Å². The smallest absolute Gasteiger partial charge is 0.177 e. The molecule has 0 bridgehead atoms. The zero-order chi connectivity index (χ0) is 12.0. The van der Waals surface area contributed by atoms with E-state index >= 15 is 0 Å². The van der Waals surface area contributed by atoms with E-state index in [1.807, 2.05) is 13.0 Å². The van der Waals surface area contributed by atoms with Crippen LogP contribution < -0.4 is 0 Å². The van der Waals surface area contributed by atoms with Crippen molar-refractivity contribution in [1.82, 2.24) is 0 Å². The van der Waals surface area contributed by atoms with Gasteiger partial charge in [-0.05, 0) is 13.0 Å². The molecule has 0 fully saturated rings. The number of hydrogen-bond donors (Lipinski definition) is 0.